The molecule has 1 aromatic heterocycles. The average Bonchev–Trinajstić information content (AvgIpc) is 2.38. The summed E-state index contributed by atoms with van der Waals surface area (Å²) in [6, 6.07) is 5.59. The number of aromatic nitrogens is 2. The molecule has 0 spiro atoms. The molecule has 0 atom stereocenters. The van der Waals surface area contributed by atoms with Crippen molar-refractivity contribution >= 4 is 5.69 Å². The molecule has 2 rings (SSSR count). The van der Waals surface area contributed by atoms with Crippen LogP contribution in [0.4, 0.5) is 10.1 Å². The van der Waals surface area contributed by atoms with Gasteiger partial charge in [0.15, 0.2) is 0 Å². The van der Waals surface area contributed by atoms with Crippen LogP contribution in [0.1, 0.15) is 5.69 Å². The smallest absolute Gasteiger partial charge is 0.323 e. The molecule has 0 unspecified atom stereocenters. The monoisotopic (exact) mass is 260 g/mol. The van der Waals surface area contributed by atoms with E-state index < -0.39 is 16.4 Å². The predicted molar refractivity (Wildman–Crippen MR) is 59.9 cm³/mol. The summed E-state index contributed by atoms with van der Waals surface area (Å²) in [7, 11) is 0. The molecule has 0 saturated carbocycles. The summed E-state index contributed by atoms with van der Waals surface area (Å²) in [6.07, 6.45) is 1.26. The van der Waals surface area contributed by atoms with Gasteiger partial charge in [-0.05, 0) is 12.1 Å². The molecule has 1 aromatic carbocycles. The van der Waals surface area contributed by atoms with Crippen molar-refractivity contribution in [2.45, 2.75) is 0 Å². The standard InChI is InChI=1S/C11H5FN4O3/c12-7-1-2-9(16(17)18)10(5-7)19-11-14-4-3-8(6-13)15-11/h1-5H. The van der Waals surface area contributed by atoms with Gasteiger partial charge in [-0.2, -0.15) is 10.2 Å². The summed E-state index contributed by atoms with van der Waals surface area (Å²) in [6.45, 7) is 0. The summed E-state index contributed by atoms with van der Waals surface area (Å²) in [5.41, 5.74) is -0.392. The van der Waals surface area contributed by atoms with Crippen LogP contribution in [0, 0.1) is 27.3 Å². The van der Waals surface area contributed by atoms with Gasteiger partial charge in [0.2, 0.25) is 5.75 Å². The molecule has 0 aliphatic rings. The van der Waals surface area contributed by atoms with Crippen LogP contribution in [0.15, 0.2) is 30.5 Å². The topological polar surface area (TPSA) is 102 Å². The second kappa shape index (κ2) is 5.05. The number of halogens is 1. The van der Waals surface area contributed by atoms with Crippen LogP contribution in [0.25, 0.3) is 0 Å². The van der Waals surface area contributed by atoms with Gasteiger partial charge in [-0.25, -0.2) is 9.37 Å². The number of benzene rings is 1. The lowest BCUT2D eigenvalue weighted by atomic mass is 10.3. The van der Waals surface area contributed by atoms with Crippen molar-refractivity contribution in [3.8, 4) is 17.8 Å². The third kappa shape index (κ3) is 2.78. The van der Waals surface area contributed by atoms with Crippen LogP contribution in [0.2, 0.25) is 0 Å². The minimum atomic E-state index is -0.719. The highest BCUT2D eigenvalue weighted by Crippen LogP contribution is 2.30. The van der Waals surface area contributed by atoms with Crippen molar-refractivity contribution in [2.75, 3.05) is 0 Å². The van der Waals surface area contributed by atoms with E-state index in [0.29, 0.717) is 0 Å². The Morgan fingerprint density at radius 3 is 2.89 bits per heavy atom. The minimum Gasteiger partial charge on any atom is -0.417 e. The SMILES string of the molecule is N#Cc1ccnc(Oc2cc(F)ccc2[N+](=O)[O-])n1. The number of nitriles is 1. The third-order valence-corrected chi connectivity index (χ3v) is 2.07. The Kier molecular flexibility index (Phi) is 3.29. The first kappa shape index (κ1) is 12.4. The molecule has 0 radical (unpaired) electrons. The van der Waals surface area contributed by atoms with E-state index in [9.17, 15) is 14.5 Å². The van der Waals surface area contributed by atoms with E-state index in [4.69, 9.17) is 10.00 Å². The number of hydrogen-bond acceptors (Lipinski definition) is 6. The molecule has 0 saturated heterocycles. The Balaban J connectivity index is 2.40. The Morgan fingerprint density at radius 1 is 1.42 bits per heavy atom. The highest BCUT2D eigenvalue weighted by molar-refractivity contribution is 5.47. The Hall–Kier alpha value is -3.08. The summed E-state index contributed by atoms with van der Waals surface area (Å²) in [5.74, 6) is -1.03. The first-order chi connectivity index (χ1) is 9.10. The predicted octanol–water partition coefficient (Wildman–Crippen LogP) is 2.19. The minimum absolute atomic E-state index is 0.0315. The quantitative estimate of drug-likeness (QED) is 0.619. The first-order valence-electron chi connectivity index (χ1n) is 4.95. The van der Waals surface area contributed by atoms with Crippen molar-refractivity contribution in [1.29, 1.82) is 5.26 Å². The van der Waals surface area contributed by atoms with Gasteiger partial charge >= 0.3 is 11.7 Å². The lowest BCUT2D eigenvalue weighted by Gasteiger charge is -2.04. The molecule has 8 heteroatoms. The fraction of sp³-hybridized carbons (Fsp3) is 0. The summed E-state index contributed by atoms with van der Waals surface area (Å²) in [5, 5.41) is 19.4. The molecule has 94 valence electrons. The maximum absolute atomic E-state index is 13.1. The molecule has 7 nitrogen and oxygen atoms in total. The fourth-order valence-electron chi connectivity index (χ4n) is 1.27. The lowest BCUT2D eigenvalue weighted by Crippen LogP contribution is -1.97. The number of nitro benzene ring substituents is 1. The van der Waals surface area contributed by atoms with E-state index in [0.717, 1.165) is 18.2 Å². The van der Waals surface area contributed by atoms with Crippen molar-refractivity contribution in [3.63, 3.8) is 0 Å². The van der Waals surface area contributed by atoms with Crippen LogP contribution in [0.5, 0.6) is 11.8 Å². The van der Waals surface area contributed by atoms with Gasteiger partial charge in [0.05, 0.1) is 4.92 Å². The van der Waals surface area contributed by atoms with Crippen LogP contribution in [-0.2, 0) is 0 Å². The molecule has 2 aromatic rings. The molecular formula is C11H5FN4O3. The molecule has 19 heavy (non-hydrogen) atoms. The maximum atomic E-state index is 13.1. The molecule has 0 aliphatic heterocycles. The van der Waals surface area contributed by atoms with Gasteiger partial charge in [0.1, 0.15) is 17.6 Å². The van der Waals surface area contributed by atoms with Crippen LogP contribution >= 0.6 is 0 Å². The number of hydrogen-bond donors (Lipinski definition) is 0. The van der Waals surface area contributed by atoms with Crippen molar-refractivity contribution < 1.29 is 14.1 Å². The molecular weight excluding hydrogens is 255 g/mol. The lowest BCUT2D eigenvalue weighted by molar-refractivity contribution is -0.385. The number of nitrogens with zero attached hydrogens (tertiary/aromatic N) is 4. The second-order valence-electron chi connectivity index (χ2n) is 3.31. The average molecular weight is 260 g/mol. The van der Waals surface area contributed by atoms with Gasteiger partial charge in [-0.3, -0.25) is 10.1 Å². The Bertz CT molecular complexity index is 684. The van der Waals surface area contributed by atoms with E-state index in [-0.39, 0.29) is 17.5 Å². The van der Waals surface area contributed by atoms with E-state index in [2.05, 4.69) is 9.97 Å². The number of ether oxygens (including phenoxy) is 1. The molecule has 0 bridgehead atoms. The van der Waals surface area contributed by atoms with Gasteiger partial charge in [0.25, 0.3) is 0 Å². The summed E-state index contributed by atoms with van der Waals surface area (Å²) >= 11 is 0. The Labute approximate surface area is 106 Å². The van der Waals surface area contributed by atoms with Crippen molar-refractivity contribution in [3.05, 3.63) is 52.1 Å². The molecule has 0 fully saturated rings. The molecule has 0 aliphatic carbocycles. The zero-order valence-electron chi connectivity index (χ0n) is 9.28. The van der Waals surface area contributed by atoms with Gasteiger partial charge in [0, 0.05) is 18.3 Å². The van der Waals surface area contributed by atoms with Gasteiger partial charge in [-0.1, -0.05) is 0 Å². The molecule has 0 amide bonds. The highest BCUT2D eigenvalue weighted by atomic mass is 19.1. The number of rotatable bonds is 3. The van der Waals surface area contributed by atoms with Crippen LogP contribution in [0.3, 0.4) is 0 Å². The van der Waals surface area contributed by atoms with Crippen LogP contribution in [-0.4, -0.2) is 14.9 Å². The number of nitro groups is 1. The Morgan fingerprint density at radius 2 is 2.21 bits per heavy atom. The third-order valence-electron chi connectivity index (χ3n) is 2.07. The maximum Gasteiger partial charge on any atom is 0.323 e. The van der Waals surface area contributed by atoms with E-state index in [1.165, 1.54) is 12.3 Å². The largest absolute Gasteiger partial charge is 0.417 e. The van der Waals surface area contributed by atoms with Gasteiger partial charge in [-0.15, -0.1) is 0 Å². The van der Waals surface area contributed by atoms with Crippen LogP contribution < -0.4 is 4.74 Å². The molecule has 0 N–H and O–H groups in total. The second-order valence-corrected chi connectivity index (χ2v) is 3.31. The van der Waals surface area contributed by atoms with Crippen molar-refractivity contribution in [1.82, 2.24) is 9.97 Å². The zero-order chi connectivity index (χ0) is 13.8. The van der Waals surface area contributed by atoms with Crippen molar-refractivity contribution in [2.24, 2.45) is 0 Å². The fourth-order valence-corrected chi connectivity index (χ4v) is 1.27. The van der Waals surface area contributed by atoms with E-state index in [1.54, 1.807) is 6.07 Å². The van der Waals surface area contributed by atoms with Gasteiger partial charge < -0.3 is 4.74 Å². The summed E-state index contributed by atoms with van der Waals surface area (Å²) in [4.78, 5) is 17.4. The first-order valence-corrected chi connectivity index (χ1v) is 4.95. The normalized spacial score (nSPS) is 9.68. The zero-order valence-corrected chi connectivity index (χ0v) is 9.28. The molecule has 1 heterocycles. The van der Waals surface area contributed by atoms with E-state index >= 15 is 0 Å². The summed E-state index contributed by atoms with van der Waals surface area (Å²) < 4.78 is 18.1. The highest BCUT2D eigenvalue weighted by Gasteiger charge is 2.17. The van der Waals surface area contributed by atoms with E-state index in [1.807, 2.05) is 0 Å².